The summed E-state index contributed by atoms with van der Waals surface area (Å²) in [5.41, 5.74) is 0. The molecule has 0 aliphatic carbocycles. The van der Waals surface area contributed by atoms with Crippen molar-refractivity contribution in [2.45, 2.75) is 5.92 Å². The topological polar surface area (TPSA) is 42.4 Å². The van der Waals surface area contributed by atoms with Crippen molar-refractivity contribution in [3.8, 4) is 5.75 Å². The first-order chi connectivity index (χ1) is 7.44. The van der Waals surface area contributed by atoms with E-state index < -0.39 is 39.0 Å². The minimum absolute atomic E-state index is 0.301. The fourth-order valence-corrected chi connectivity index (χ4v) is 2.50. The Morgan fingerprint density at radius 1 is 1.44 bits per heavy atom. The average molecular weight is 345 g/mol. The average Bonchev–Trinajstić information content (AvgIpc) is 2.27. The third-order valence-corrected chi connectivity index (χ3v) is 4.62. The van der Waals surface area contributed by atoms with Gasteiger partial charge in [0.1, 0.15) is 0 Å². The number of ether oxygens (including phenoxy) is 1. The van der Waals surface area contributed by atoms with E-state index in [-0.39, 0.29) is 0 Å². The molecule has 1 heterocycles. The first-order valence-electron chi connectivity index (χ1n) is 4.52. The molecule has 0 atom stereocenters. The van der Waals surface area contributed by atoms with Crippen molar-refractivity contribution in [3.63, 3.8) is 0 Å². The van der Waals surface area contributed by atoms with Crippen molar-refractivity contribution < 1.29 is 18.6 Å². The summed E-state index contributed by atoms with van der Waals surface area (Å²) in [6.45, 7) is -2.04. The molecule has 0 radical (unpaired) electrons. The Hall–Kier alpha value is -0.500. The number of rotatable bonds is 5. The van der Waals surface area contributed by atoms with Crippen LogP contribution in [0.2, 0.25) is 0 Å². The van der Waals surface area contributed by atoms with Gasteiger partial charge in [0.2, 0.25) is 0 Å². The Morgan fingerprint density at radius 3 is 2.56 bits per heavy atom. The van der Waals surface area contributed by atoms with Gasteiger partial charge >= 0.3 is 100 Å². The minimum atomic E-state index is -3.20. The summed E-state index contributed by atoms with van der Waals surface area (Å²) in [5, 5.41) is 8.35. The summed E-state index contributed by atoms with van der Waals surface area (Å²) in [7, 11) is 0. The van der Waals surface area contributed by atoms with E-state index in [2.05, 4.69) is 14.8 Å². The number of aromatic nitrogens is 1. The second-order valence-corrected chi connectivity index (χ2v) is 8.80. The molecule has 0 saturated carbocycles. The number of pyridine rings is 1. The van der Waals surface area contributed by atoms with E-state index in [9.17, 15) is 8.78 Å². The second-order valence-electron chi connectivity index (χ2n) is 3.38. The van der Waals surface area contributed by atoms with Crippen molar-refractivity contribution >= 4 is 19.8 Å². The normalized spacial score (nSPS) is 12.4. The van der Waals surface area contributed by atoms with E-state index in [0.29, 0.717) is 5.75 Å². The van der Waals surface area contributed by atoms with Crippen LogP contribution in [0, 0.1) is 3.70 Å². The Labute approximate surface area is 100 Å². The number of aliphatic hydroxyl groups is 1. The number of nitrogens with zero attached hydrogens (tertiary/aromatic N) is 1. The fraction of sp³-hybridized carbons (Fsp3) is 0.500. The van der Waals surface area contributed by atoms with Gasteiger partial charge in [-0.15, -0.1) is 0 Å². The molecule has 6 heteroatoms. The van der Waals surface area contributed by atoms with Gasteiger partial charge in [0.15, 0.2) is 0 Å². The van der Waals surface area contributed by atoms with Gasteiger partial charge in [0.05, 0.1) is 0 Å². The summed E-state index contributed by atoms with van der Waals surface area (Å²) >= 11 is -1.12. The molecule has 0 unspecified atom stereocenters. The maximum absolute atomic E-state index is 12.7. The molecule has 1 rings (SSSR count). The van der Waals surface area contributed by atoms with Gasteiger partial charge in [-0.2, -0.15) is 0 Å². The van der Waals surface area contributed by atoms with E-state index in [1.54, 1.807) is 12.1 Å². The molecule has 3 nitrogen and oxygen atoms in total. The van der Waals surface area contributed by atoms with E-state index in [1.165, 1.54) is 6.20 Å². The van der Waals surface area contributed by atoms with Gasteiger partial charge in [-0.1, -0.05) is 0 Å². The van der Waals surface area contributed by atoms with Crippen molar-refractivity contribution in [1.82, 2.24) is 4.98 Å². The third-order valence-electron chi connectivity index (χ3n) is 1.77. The molecule has 0 aromatic carbocycles. The molecule has 0 aliphatic heterocycles. The number of hydrogen-bond acceptors (Lipinski definition) is 3. The summed E-state index contributed by atoms with van der Waals surface area (Å²) < 4.78 is 31.2. The van der Waals surface area contributed by atoms with Crippen LogP contribution in [0.3, 0.4) is 0 Å². The van der Waals surface area contributed by atoms with Crippen LogP contribution in [0.15, 0.2) is 18.3 Å². The number of hydrogen-bond donors (Lipinski definition) is 1. The molecule has 0 fully saturated rings. The quantitative estimate of drug-likeness (QED) is 0.505. The monoisotopic (exact) mass is 345 g/mol. The fourth-order valence-electron chi connectivity index (χ4n) is 0.906. The third kappa shape index (κ3) is 4.17. The zero-order chi connectivity index (χ0) is 12.2. The standard InChI is InChI=1S/C10H14F2INO2/c1-13(2)9-4-3-8(5-14-9)16-7-10(11,12)6-15/h3-5,15H,6-7H2,1-2H3. The van der Waals surface area contributed by atoms with E-state index in [0.717, 1.165) is 3.70 Å². The van der Waals surface area contributed by atoms with Crippen molar-refractivity contribution in [2.24, 2.45) is 0 Å². The molecular weight excluding hydrogens is 331 g/mol. The van der Waals surface area contributed by atoms with Gasteiger partial charge in [-0.3, -0.25) is 0 Å². The maximum atomic E-state index is 12.7. The van der Waals surface area contributed by atoms with Crippen LogP contribution in [0.4, 0.5) is 8.78 Å². The number of aliphatic hydroxyl groups excluding tert-OH is 1. The summed E-state index contributed by atoms with van der Waals surface area (Å²) in [6, 6.07) is 3.44. The van der Waals surface area contributed by atoms with Crippen LogP contribution >= 0.6 is 19.8 Å². The molecule has 0 spiro atoms. The van der Waals surface area contributed by atoms with E-state index in [4.69, 9.17) is 9.84 Å². The van der Waals surface area contributed by atoms with Crippen molar-refractivity contribution in [1.29, 1.82) is 0 Å². The molecule has 92 valence electrons. The molecule has 1 aromatic heterocycles. The van der Waals surface area contributed by atoms with Crippen LogP contribution in [0.5, 0.6) is 5.75 Å². The molecule has 0 aliphatic rings. The van der Waals surface area contributed by atoms with Gasteiger partial charge in [-0.05, 0) is 0 Å². The number of halogens is 3. The van der Waals surface area contributed by atoms with Crippen LogP contribution in [-0.2, 0) is 0 Å². The zero-order valence-electron chi connectivity index (χ0n) is 9.08. The summed E-state index contributed by atoms with van der Waals surface area (Å²) in [5.74, 6) is -2.90. The van der Waals surface area contributed by atoms with Crippen LogP contribution in [-0.4, -0.2) is 39.1 Å². The van der Waals surface area contributed by atoms with Gasteiger partial charge in [-0.25, -0.2) is 0 Å². The van der Waals surface area contributed by atoms with E-state index in [1.807, 2.05) is 0 Å². The Kier molecular flexibility index (Phi) is 4.85. The van der Waals surface area contributed by atoms with Gasteiger partial charge in [0.25, 0.3) is 0 Å². The molecular formula is C10H14F2INO2. The Bertz CT molecular complexity index is 330. The molecule has 1 N–H and O–H groups in total. The second kappa shape index (κ2) is 5.72. The predicted molar refractivity (Wildman–Crippen MR) is 66.3 cm³/mol. The molecule has 16 heavy (non-hydrogen) atoms. The van der Waals surface area contributed by atoms with Crippen molar-refractivity contribution in [2.75, 3.05) is 23.1 Å². The van der Waals surface area contributed by atoms with Gasteiger partial charge < -0.3 is 0 Å². The first-order valence-corrected chi connectivity index (χ1v) is 9.91. The molecule has 0 bridgehead atoms. The SMILES string of the molecule is CI(C)c1ccc(OCC(F)(F)CO)cn1. The Balaban J connectivity index is 2.56. The molecule has 0 amide bonds. The van der Waals surface area contributed by atoms with Gasteiger partial charge in [0, 0.05) is 0 Å². The van der Waals surface area contributed by atoms with Crippen LogP contribution in [0.1, 0.15) is 0 Å². The molecule has 0 saturated heterocycles. The summed E-state index contributed by atoms with van der Waals surface area (Å²) in [6.07, 6.45) is 1.44. The Morgan fingerprint density at radius 2 is 2.12 bits per heavy atom. The predicted octanol–water partition coefficient (Wildman–Crippen LogP) is 2.02. The van der Waals surface area contributed by atoms with E-state index >= 15 is 0 Å². The van der Waals surface area contributed by atoms with Crippen LogP contribution in [0.25, 0.3) is 0 Å². The van der Waals surface area contributed by atoms with Crippen molar-refractivity contribution in [3.05, 3.63) is 22.0 Å². The summed E-state index contributed by atoms with van der Waals surface area (Å²) in [4.78, 5) is 8.43. The number of alkyl halides is 4. The zero-order valence-corrected chi connectivity index (χ0v) is 11.2. The first kappa shape index (κ1) is 13.6. The van der Waals surface area contributed by atoms with Crippen LogP contribution < -0.4 is 4.74 Å². The molecule has 1 aromatic rings.